The molecule has 0 radical (unpaired) electrons. The number of imidazole rings is 2. The van der Waals surface area contributed by atoms with E-state index < -0.39 is 0 Å². The number of amides is 1. The fourth-order valence-corrected chi connectivity index (χ4v) is 3.79. The van der Waals surface area contributed by atoms with Crippen molar-refractivity contribution >= 4 is 28.7 Å². The van der Waals surface area contributed by atoms with Crippen LogP contribution in [0.4, 0.5) is 0 Å². The van der Waals surface area contributed by atoms with Crippen molar-refractivity contribution in [1.82, 2.24) is 33.9 Å². The Morgan fingerprint density at radius 2 is 2.13 bits per heavy atom. The van der Waals surface area contributed by atoms with E-state index in [-0.39, 0.29) is 5.91 Å². The molecule has 0 aliphatic rings. The van der Waals surface area contributed by atoms with Crippen LogP contribution in [0.3, 0.4) is 0 Å². The summed E-state index contributed by atoms with van der Waals surface area (Å²) in [4.78, 5) is 21.6. The predicted octanol–water partition coefficient (Wildman–Crippen LogP) is 3.37. The Labute approximate surface area is 183 Å². The summed E-state index contributed by atoms with van der Waals surface area (Å²) >= 11 is 6.07. The second-order valence-electron chi connectivity index (χ2n) is 7.27. The molecular weight excluding hydrogens is 414 g/mol. The third-order valence-corrected chi connectivity index (χ3v) is 5.44. The quantitative estimate of drug-likeness (QED) is 0.445. The molecule has 8 nitrogen and oxygen atoms in total. The lowest BCUT2D eigenvalue weighted by Gasteiger charge is -2.02. The fourth-order valence-electron chi connectivity index (χ4n) is 3.63. The number of halogens is 1. The molecule has 0 atom stereocenters. The van der Waals surface area contributed by atoms with Crippen molar-refractivity contribution in [2.45, 2.75) is 26.4 Å². The molecule has 9 heteroatoms. The first-order valence-corrected chi connectivity index (χ1v) is 10.4. The summed E-state index contributed by atoms with van der Waals surface area (Å²) in [5.74, 6) is -0.210. The topological polar surface area (TPSA) is 81.5 Å². The second kappa shape index (κ2) is 7.88. The predicted molar refractivity (Wildman–Crippen MR) is 117 cm³/mol. The first kappa shape index (κ1) is 19.3. The number of rotatable bonds is 6. The molecule has 0 spiro atoms. The molecule has 0 saturated carbocycles. The molecule has 5 heterocycles. The minimum absolute atomic E-state index is 0.210. The normalized spacial score (nSPS) is 11.4. The zero-order chi connectivity index (χ0) is 21.4. The number of hydrogen-bond donors (Lipinski definition) is 1. The van der Waals surface area contributed by atoms with Gasteiger partial charge in [0.25, 0.3) is 5.91 Å². The Morgan fingerprint density at radius 1 is 1.23 bits per heavy atom. The van der Waals surface area contributed by atoms with Gasteiger partial charge >= 0.3 is 0 Å². The van der Waals surface area contributed by atoms with E-state index in [9.17, 15) is 4.79 Å². The van der Waals surface area contributed by atoms with Gasteiger partial charge in [-0.2, -0.15) is 5.10 Å². The van der Waals surface area contributed by atoms with Gasteiger partial charge in [-0.15, -0.1) is 0 Å². The number of carbonyl (C=O) groups excluding carboxylic acids is 1. The zero-order valence-electron chi connectivity index (χ0n) is 16.9. The van der Waals surface area contributed by atoms with Gasteiger partial charge in [0.05, 0.1) is 48.1 Å². The molecule has 0 aliphatic heterocycles. The second-order valence-corrected chi connectivity index (χ2v) is 7.71. The zero-order valence-corrected chi connectivity index (χ0v) is 17.6. The lowest BCUT2D eigenvalue weighted by Crippen LogP contribution is -2.22. The number of aromatic nitrogens is 6. The van der Waals surface area contributed by atoms with Crippen LogP contribution in [-0.4, -0.2) is 34.5 Å². The Kier molecular flexibility index (Phi) is 4.91. The van der Waals surface area contributed by atoms with E-state index in [1.165, 1.54) is 5.69 Å². The van der Waals surface area contributed by atoms with Crippen molar-refractivity contribution in [3.63, 3.8) is 0 Å². The molecule has 0 fully saturated rings. The molecule has 5 aromatic heterocycles. The lowest BCUT2D eigenvalue weighted by molar-refractivity contribution is 0.0950. The summed E-state index contributed by atoms with van der Waals surface area (Å²) in [5, 5.41) is 7.84. The summed E-state index contributed by atoms with van der Waals surface area (Å²) in [7, 11) is 0. The first-order chi connectivity index (χ1) is 15.1. The molecule has 5 rings (SSSR count). The van der Waals surface area contributed by atoms with E-state index in [0.717, 1.165) is 29.0 Å². The summed E-state index contributed by atoms with van der Waals surface area (Å²) in [6.07, 6.45) is 9.77. The SMILES string of the molecule is CCc1cccc2nc(Cn3cc(C(=O)NCc4ncn5ccc(Cl)cc45)cn3)cn12. The van der Waals surface area contributed by atoms with E-state index >= 15 is 0 Å². The van der Waals surface area contributed by atoms with Gasteiger partial charge in [0.15, 0.2) is 0 Å². The lowest BCUT2D eigenvalue weighted by atomic mass is 10.3. The standard InChI is InChI=1S/C22H20ClN7O/c1-2-18-4-3-5-21-27-17(13-30(18)21)12-29-11-15(9-26-29)22(31)24-10-19-20-8-16(23)6-7-28(20)14-25-19/h3-9,11,13-14H,2,10,12H2,1H3,(H,24,31). The maximum Gasteiger partial charge on any atom is 0.254 e. The van der Waals surface area contributed by atoms with Crippen molar-refractivity contribution in [2.24, 2.45) is 0 Å². The smallest absolute Gasteiger partial charge is 0.254 e. The number of nitrogens with zero attached hydrogens (tertiary/aromatic N) is 6. The van der Waals surface area contributed by atoms with Crippen LogP contribution in [0.5, 0.6) is 0 Å². The molecule has 0 aliphatic carbocycles. The van der Waals surface area contributed by atoms with Crippen molar-refractivity contribution < 1.29 is 4.79 Å². The van der Waals surface area contributed by atoms with Crippen molar-refractivity contribution in [3.05, 3.63) is 89.1 Å². The molecular formula is C22H20ClN7O. The van der Waals surface area contributed by atoms with Gasteiger partial charge in [0.1, 0.15) is 5.65 Å². The third kappa shape index (κ3) is 3.77. The maximum absolute atomic E-state index is 12.6. The number of fused-ring (bicyclic) bond motifs is 2. The molecule has 0 saturated heterocycles. The van der Waals surface area contributed by atoms with E-state index in [1.807, 2.05) is 35.0 Å². The minimum atomic E-state index is -0.210. The molecule has 1 N–H and O–H groups in total. The number of aryl methyl sites for hydroxylation is 1. The Hall–Kier alpha value is -3.65. The van der Waals surface area contributed by atoms with Gasteiger partial charge < -0.3 is 14.1 Å². The number of hydrogen-bond acceptors (Lipinski definition) is 4. The summed E-state index contributed by atoms with van der Waals surface area (Å²) in [5.41, 5.74) is 5.09. The number of pyridine rings is 2. The molecule has 1 amide bonds. The fraction of sp³-hybridized carbons (Fsp3) is 0.182. The molecule has 5 aromatic rings. The molecule has 31 heavy (non-hydrogen) atoms. The van der Waals surface area contributed by atoms with E-state index in [2.05, 4.69) is 37.8 Å². The summed E-state index contributed by atoms with van der Waals surface area (Å²) < 4.78 is 5.67. The van der Waals surface area contributed by atoms with Crippen LogP contribution in [0.1, 0.15) is 34.4 Å². The van der Waals surface area contributed by atoms with Gasteiger partial charge in [0, 0.05) is 29.3 Å². The van der Waals surface area contributed by atoms with E-state index in [4.69, 9.17) is 11.6 Å². The van der Waals surface area contributed by atoms with Gasteiger partial charge in [-0.05, 0) is 30.7 Å². The van der Waals surface area contributed by atoms with E-state index in [0.29, 0.717) is 23.7 Å². The monoisotopic (exact) mass is 433 g/mol. The largest absolute Gasteiger partial charge is 0.346 e. The highest BCUT2D eigenvalue weighted by atomic mass is 35.5. The number of nitrogens with one attached hydrogen (secondary N) is 1. The average molecular weight is 434 g/mol. The van der Waals surface area contributed by atoms with Gasteiger partial charge in [-0.1, -0.05) is 24.6 Å². The van der Waals surface area contributed by atoms with E-state index in [1.54, 1.807) is 29.5 Å². The highest BCUT2D eigenvalue weighted by molar-refractivity contribution is 6.30. The minimum Gasteiger partial charge on any atom is -0.346 e. The van der Waals surface area contributed by atoms with Gasteiger partial charge in [0.2, 0.25) is 0 Å². The molecule has 156 valence electrons. The third-order valence-electron chi connectivity index (χ3n) is 5.21. The summed E-state index contributed by atoms with van der Waals surface area (Å²) in [6, 6.07) is 9.70. The van der Waals surface area contributed by atoms with Crippen LogP contribution in [0.15, 0.2) is 61.4 Å². The summed E-state index contributed by atoms with van der Waals surface area (Å²) in [6.45, 7) is 2.91. The number of carbonyl (C=O) groups is 1. The Bertz CT molecular complexity index is 1400. The Morgan fingerprint density at radius 3 is 3.00 bits per heavy atom. The van der Waals surface area contributed by atoms with Crippen molar-refractivity contribution in [3.8, 4) is 0 Å². The van der Waals surface area contributed by atoms with Crippen LogP contribution in [0.25, 0.3) is 11.2 Å². The van der Waals surface area contributed by atoms with Gasteiger partial charge in [-0.3, -0.25) is 9.48 Å². The van der Waals surface area contributed by atoms with Gasteiger partial charge in [-0.25, -0.2) is 9.97 Å². The van der Waals surface area contributed by atoms with Crippen LogP contribution in [-0.2, 0) is 19.5 Å². The van der Waals surface area contributed by atoms with Crippen LogP contribution >= 0.6 is 11.6 Å². The molecule has 0 unspecified atom stereocenters. The van der Waals surface area contributed by atoms with Crippen molar-refractivity contribution in [2.75, 3.05) is 0 Å². The highest BCUT2D eigenvalue weighted by Crippen LogP contribution is 2.16. The van der Waals surface area contributed by atoms with Crippen LogP contribution in [0, 0.1) is 0 Å². The van der Waals surface area contributed by atoms with Crippen LogP contribution < -0.4 is 5.32 Å². The average Bonchev–Trinajstić information content (AvgIpc) is 3.49. The molecule has 0 aromatic carbocycles. The first-order valence-electron chi connectivity index (χ1n) is 9.98. The molecule has 0 bridgehead atoms. The van der Waals surface area contributed by atoms with Crippen LogP contribution in [0.2, 0.25) is 5.02 Å². The highest BCUT2D eigenvalue weighted by Gasteiger charge is 2.12. The Balaban J connectivity index is 1.27. The maximum atomic E-state index is 12.6. The van der Waals surface area contributed by atoms with Crippen molar-refractivity contribution in [1.29, 1.82) is 0 Å².